The van der Waals surface area contributed by atoms with Crippen molar-refractivity contribution in [3.63, 3.8) is 0 Å². The van der Waals surface area contributed by atoms with Gasteiger partial charge in [-0.2, -0.15) is 0 Å². The summed E-state index contributed by atoms with van der Waals surface area (Å²) in [5, 5.41) is 0. The second kappa shape index (κ2) is 8.84. The fourth-order valence-corrected chi connectivity index (χ4v) is 3.38. The van der Waals surface area contributed by atoms with Crippen molar-refractivity contribution in [1.82, 2.24) is 4.90 Å². The second-order valence-corrected chi connectivity index (χ2v) is 6.67. The molecule has 1 saturated heterocycles. The topological polar surface area (TPSA) is 55.8 Å². The van der Waals surface area contributed by atoms with Crippen LogP contribution < -0.4 is 4.74 Å². The Balaban J connectivity index is 2.00. The molecule has 0 bridgehead atoms. The normalized spacial score (nSPS) is 15.9. The Morgan fingerprint density at radius 3 is 2.62 bits per heavy atom. The fraction of sp³-hybridized carbons (Fsp3) is 0.353. The molecule has 128 valence electrons. The predicted molar refractivity (Wildman–Crippen MR) is 98.7 cm³/mol. The van der Waals surface area contributed by atoms with Crippen molar-refractivity contribution in [3.05, 3.63) is 34.7 Å². The van der Waals surface area contributed by atoms with E-state index in [1.54, 1.807) is 24.0 Å². The lowest BCUT2D eigenvalue weighted by Gasteiger charge is -2.11. The van der Waals surface area contributed by atoms with Gasteiger partial charge in [0.15, 0.2) is 6.61 Å². The molecule has 1 heterocycles. The lowest BCUT2D eigenvalue weighted by Crippen LogP contribution is -2.28. The maximum atomic E-state index is 12.3. The van der Waals surface area contributed by atoms with E-state index in [0.717, 1.165) is 12.0 Å². The van der Waals surface area contributed by atoms with Crippen molar-refractivity contribution in [2.24, 2.45) is 0 Å². The first-order chi connectivity index (χ1) is 11.5. The molecule has 0 atom stereocenters. The molecule has 0 saturated carbocycles. The lowest BCUT2D eigenvalue weighted by atomic mass is 10.2. The van der Waals surface area contributed by atoms with E-state index in [1.165, 1.54) is 11.8 Å². The summed E-state index contributed by atoms with van der Waals surface area (Å²) < 4.78 is 10.7. The van der Waals surface area contributed by atoms with Gasteiger partial charge in [-0.1, -0.05) is 43.0 Å². The van der Waals surface area contributed by atoms with Gasteiger partial charge in [-0.25, -0.2) is 4.79 Å². The summed E-state index contributed by atoms with van der Waals surface area (Å²) >= 11 is 6.56. The van der Waals surface area contributed by atoms with Gasteiger partial charge < -0.3 is 9.47 Å². The summed E-state index contributed by atoms with van der Waals surface area (Å²) in [5.41, 5.74) is 0.871. The molecular weight excluding hydrogens is 346 g/mol. The van der Waals surface area contributed by atoms with E-state index in [-0.39, 0.29) is 12.5 Å². The van der Waals surface area contributed by atoms with Crippen molar-refractivity contribution < 1.29 is 19.1 Å². The first-order valence-corrected chi connectivity index (χ1v) is 8.91. The van der Waals surface area contributed by atoms with Crippen LogP contribution in [0.1, 0.15) is 25.8 Å². The Bertz CT molecular complexity index is 655. The average molecular weight is 365 g/mol. The highest BCUT2D eigenvalue weighted by Gasteiger charge is 2.31. The molecule has 1 aliphatic rings. The molecule has 0 aliphatic carbocycles. The predicted octanol–water partition coefficient (Wildman–Crippen LogP) is 3.24. The van der Waals surface area contributed by atoms with Gasteiger partial charge >= 0.3 is 5.97 Å². The molecule has 1 aromatic rings. The van der Waals surface area contributed by atoms with Gasteiger partial charge in [0.1, 0.15) is 10.1 Å². The zero-order valence-electron chi connectivity index (χ0n) is 13.6. The minimum absolute atomic E-state index is 0.0468. The third-order valence-electron chi connectivity index (χ3n) is 3.16. The molecule has 0 unspecified atom stereocenters. The number of benzene rings is 1. The molecule has 1 aromatic carbocycles. The minimum Gasteiger partial charge on any atom is -0.482 e. The average Bonchev–Trinajstić information content (AvgIpc) is 2.82. The van der Waals surface area contributed by atoms with Gasteiger partial charge in [-0.3, -0.25) is 9.69 Å². The molecule has 2 rings (SSSR count). The maximum Gasteiger partial charge on any atom is 0.344 e. The number of esters is 1. The van der Waals surface area contributed by atoms with E-state index in [4.69, 9.17) is 21.7 Å². The summed E-state index contributed by atoms with van der Waals surface area (Å²) in [5.74, 6) is 0.120. The largest absolute Gasteiger partial charge is 0.482 e. The second-order valence-electron chi connectivity index (χ2n) is 5.00. The summed E-state index contributed by atoms with van der Waals surface area (Å²) in [7, 11) is 0. The number of nitrogens with zero attached hydrogens (tertiary/aromatic N) is 1. The SMILES string of the molecule is CCCN1C(=O)/C(=C\c2ccc(OCC(=O)OCC)cc2)SC1=S. The van der Waals surface area contributed by atoms with Crippen LogP contribution in [-0.4, -0.2) is 40.9 Å². The van der Waals surface area contributed by atoms with Crippen molar-refractivity contribution in [3.8, 4) is 5.75 Å². The van der Waals surface area contributed by atoms with E-state index in [0.29, 0.717) is 28.1 Å². The quantitative estimate of drug-likeness (QED) is 0.420. The summed E-state index contributed by atoms with van der Waals surface area (Å²) in [4.78, 5) is 25.8. The Morgan fingerprint density at radius 2 is 2.00 bits per heavy atom. The standard InChI is InChI=1S/C17H19NO4S2/c1-3-9-18-16(20)14(24-17(18)23)10-12-5-7-13(8-6-12)22-11-15(19)21-4-2/h5-8,10H,3-4,9,11H2,1-2H3/b14-10+. The van der Waals surface area contributed by atoms with Crippen LogP contribution in [0, 0.1) is 0 Å². The summed E-state index contributed by atoms with van der Waals surface area (Å²) in [6, 6.07) is 7.15. The molecule has 0 aromatic heterocycles. The third kappa shape index (κ3) is 4.82. The molecule has 1 fully saturated rings. The number of hydrogen-bond donors (Lipinski definition) is 0. The first-order valence-electron chi connectivity index (χ1n) is 7.69. The Kier molecular flexibility index (Phi) is 6.81. The smallest absolute Gasteiger partial charge is 0.344 e. The highest BCUT2D eigenvalue weighted by Crippen LogP contribution is 2.32. The van der Waals surface area contributed by atoms with Gasteiger partial charge in [0.05, 0.1) is 11.5 Å². The Morgan fingerprint density at radius 1 is 1.29 bits per heavy atom. The van der Waals surface area contributed by atoms with Crippen LogP contribution in [0.4, 0.5) is 0 Å². The van der Waals surface area contributed by atoms with Crippen LogP contribution in [-0.2, 0) is 14.3 Å². The zero-order valence-corrected chi connectivity index (χ0v) is 15.2. The van der Waals surface area contributed by atoms with E-state index >= 15 is 0 Å². The zero-order chi connectivity index (χ0) is 17.5. The minimum atomic E-state index is -0.402. The lowest BCUT2D eigenvalue weighted by molar-refractivity contribution is -0.145. The number of carbonyl (C=O) groups excluding carboxylic acids is 2. The van der Waals surface area contributed by atoms with Crippen LogP contribution in [0.25, 0.3) is 6.08 Å². The van der Waals surface area contributed by atoms with Crippen molar-refractivity contribution in [1.29, 1.82) is 0 Å². The number of ether oxygens (including phenoxy) is 2. The van der Waals surface area contributed by atoms with Gasteiger partial charge in [-0.05, 0) is 37.1 Å². The van der Waals surface area contributed by atoms with Gasteiger partial charge in [-0.15, -0.1) is 0 Å². The van der Waals surface area contributed by atoms with E-state index in [2.05, 4.69) is 0 Å². The van der Waals surface area contributed by atoms with Crippen LogP contribution in [0.15, 0.2) is 29.2 Å². The Hall–Kier alpha value is -1.86. The summed E-state index contributed by atoms with van der Waals surface area (Å²) in [6.45, 7) is 4.61. The highest BCUT2D eigenvalue weighted by molar-refractivity contribution is 8.26. The third-order valence-corrected chi connectivity index (χ3v) is 4.54. The van der Waals surface area contributed by atoms with Gasteiger partial charge in [0.2, 0.25) is 0 Å². The number of carbonyl (C=O) groups is 2. The monoisotopic (exact) mass is 365 g/mol. The van der Waals surface area contributed by atoms with Crippen LogP contribution in [0.2, 0.25) is 0 Å². The van der Waals surface area contributed by atoms with Crippen LogP contribution in [0.5, 0.6) is 5.75 Å². The molecule has 0 spiro atoms. The Labute approximate surface area is 151 Å². The molecule has 0 radical (unpaired) electrons. The number of hydrogen-bond acceptors (Lipinski definition) is 6. The van der Waals surface area contributed by atoms with Gasteiger partial charge in [0.25, 0.3) is 5.91 Å². The molecule has 7 heteroatoms. The van der Waals surface area contributed by atoms with Crippen molar-refractivity contribution >= 4 is 46.3 Å². The van der Waals surface area contributed by atoms with Gasteiger partial charge in [0, 0.05) is 6.54 Å². The van der Waals surface area contributed by atoms with E-state index < -0.39 is 5.97 Å². The van der Waals surface area contributed by atoms with E-state index in [1.807, 2.05) is 25.1 Å². The molecule has 24 heavy (non-hydrogen) atoms. The first kappa shape index (κ1) is 18.5. The van der Waals surface area contributed by atoms with Crippen molar-refractivity contribution in [2.45, 2.75) is 20.3 Å². The van der Waals surface area contributed by atoms with E-state index in [9.17, 15) is 9.59 Å². The van der Waals surface area contributed by atoms with Crippen LogP contribution in [0.3, 0.4) is 0 Å². The number of rotatable bonds is 7. The molecule has 1 amide bonds. The molecule has 5 nitrogen and oxygen atoms in total. The maximum absolute atomic E-state index is 12.3. The number of thioether (sulfide) groups is 1. The number of thiocarbonyl (C=S) groups is 1. The number of amides is 1. The highest BCUT2D eigenvalue weighted by atomic mass is 32.2. The summed E-state index contributed by atoms with van der Waals surface area (Å²) in [6.07, 6.45) is 2.68. The van der Waals surface area contributed by atoms with Crippen LogP contribution >= 0.6 is 24.0 Å². The molecular formula is C17H19NO4S2. The molecule has 0 N–H and O–H groups in total. The molecule has 1 aliphatic heterocycles. The fourth-order valence-electron chi connectivity index (χ4n) is 2.07. The van der Waals surface area contributed by atoms with Crippen molar-refractivity contribution in [2.75, 3.05) is 19.8 Å².